The van der Waals surface area contributed by atoms with Crippen molar-refractivity contribution < 1.29 is 8.42 Å². The average Bonchev–Trinajstić information content (AvgIpc) is 3.43. The first-order valence-corrected chi connectivity index (χ1v) is 12.4. The van der Waals surface area contributed by atoms with Gasteiger partial charge in [-0.05, 0) is 49.6 Å². The Morgan fingerprint density at radius 1 is 1.23 bits per heavy atom. The Hall–Kier alpha value is -1.37. The SMILES string of the molecule is CN=C(NCc1ccc(S(=O)(=O)N(C)C)s1)NC(C)c1cccc(N2CCCC2)c1.I. The molecule has 1 aliphatic rings. The Balaban J connectivity index is 0.00000341. The zero-order valence-corrected chi connectivity index (χ0v) is 22.4. The Morgan fingerprint density at radius 3 is 2.58 bits per heavy atom. The fourth-order valence-corrected chi connectivity index (χ4v) is 5.86. The molecule has 1 aromatic carbocycles. The summed E-state index contributed by atoms with van der Waals surface area (Å²) >= 11 is 1.27. The van der Waals surface area contributed by atoms with Crippen molar-refractivity contribution in [1.82, 2.24) is 14.9 Å². The number of rotatable bonds is 7. The third kappa shape index (κ3) is 6.56. The predicted molar refractivity (Wildman–Crippen MR) is 140 cm³/mol. The van der Waals surface area contributed by atoms with Crippen molar-refractivity contribution in [3.05, 3.63) is 46.8 Å². The van der Waals surface area contributed by atoms with Gasteiger partial charge in [-0.3, -0.25) is 4.99 Å². The van der Waals surface area contributed by atoms with Crippen molar-refractivity contribution in [1.29, 1.82) is 0 Å². The second-order valence-corrected chi connectivity index (χ2v) is 11.1. The molecule has 0 bridgehead atoms. The van der Waals surface area contributed by atoms with E-state index in [1.165, 1.54) is 39.7 Å². The van der Waals surface area contributed by atoms with Gasteiger partial charge < -0.3 is 15.5 Å². The fourth-order valence-electron chi connectivity index (χ4n) is 3.39. The van der Waals surface area contributed by atoms with Crippen molar-refractivity contribution in [2.75, 3.05) is 39.1 Å². The van der Waals surface area contributed by atoms with Crippen LogP contribution in [0.25, 0.3) is 0 Å². The lowest BCUT2D eigenvalue weighted by atomic mass is 10.1. The van der Waals surface area contributed by atoms with Crippen LogP contribution in [-0.2, 0) is 16.6 Å². The zero-order chi connectivity index (χ0) is 21.7. The highest BCUT2D eigenvalue weighted by Gasteiger charge is 2.19. The van der Waals surface area contributed by atoms with Crippen LogP contribution in [0.3, 0.4) is 0 Å². The number of hydrogen-bond donors (Lipinski definition) is 2. The molecular weight excluding hydrogens is 545 g/mol. The maximum atomic E-state index is 12.2. The summed E-state index contributed by atoms with van der Waals surface area (Å²) in [7, 11) is 1.42. The number of nitrogens with zero attached hydrogens (tertiary/aromatic N) is 3. The van der Waals surface area contributed by atoms with Gasteiger partial charge in [0.2, 0.25) is 0 Å². The molecule has 31 heavy (non-hydrogen) atoms. The van der Waals surface area contributed by atoms with E-state index in [1.54, 1.807) is 27.2 Å². The van der Waals surface area contributed by atoms with Crippen LogP contribution in [0.4, 0.5) is 5.69 Å². The molecule has 1 fully saturated rings. The third-order valence-corrected chi connectivity index (χ3v) is 8.59. The fraction of sp³-hybridized carbons (Fsp3) is 0.476. The van der Waals surface area contributed by atoms with Crippen molar-refractivity contribution in [3.8, 4) is 0 Å². The van der Waals surface area contributed by atoms with Crippen LogP contribution < -0.4 is 15.5 Å². The molecular formula is C21H32IN5O2S2. The summed E-state index contributed by atoms with van der Waals surface area (Å²) in [5.74, 6) is 0.680. The first kappa shape index (κ1) is 25.9. The number of thiophene rings is 1. The Bertz CT molecular complexity index is 985. The van der Waals surface area contributed by atoms with Crippen LogP contribution in [0.15, 0.2) is 45.6 Å². The molecule has 0 saturated carbocycles. The van der Waals surface area contributed by atoms with Crippen LogP contribution in [0.1, 0.15) is 36.2 Å². The number of aliphatic imine (C=N–C) groups is 1. The second kappa shape index (κ2) is 11.5. The normalized spacial score (nSPS) is 15.6. The molecule has 2 heterocycles. The highest BCUT2D eigenvalue weighted by atomic mass is 127. The number of halogens is 1. The van der Waals surface area contributed by atoms with E-state index in [0.29, 0.717) is 16.7 Å². The average molecular weight is 578 g/mol. The largest absolute Gasteiger partial charge is 0.372 e. The van der Waals surface area contributed by atoms with E-state index in [9.17, 15) is 8.42 Å². The highest BCUT2D eigenvalue weighted by Crippen LogP contribution is 2.25. The lowest BCUT2D eigenvalue weighted by molar-refractivity contribution is 0.523. The van der Waals surface area contributed by atoms with Gasteiger partial charge in [-0.2, -0.15) is 0 Å². The number of nitrogens with one attached hydrogen (secondary N) is 2. The third-order valence-electron chi connectivity index (χ3n) is 5.22. The molecule has 1 aliphatic heterocycles. The van der Waals surface area contributed by atoms with E-state index >= 15 is 0 Å². The van der Waals surface area contributed by atoms with Crippen molar-refractivity contribution in [2.45, 2.75) is 36.6 Å². The summed E-state index contributed by atoms with van der Waals surface area (Å²) in [5, 5.41) is 6.71. The van der Waals surface area contributed by atoms with E-state index < -0.39 is 10.0 Å². The van der Waals surface area contributed by atoms with Gasteiger partial charge >= 0.3 is 0 Å². The van der Waals surface area contributed by atoms with Crippen LogP contribution in [-0.4, -0.2) is 52.9 Å². The summed E-state index contributed by atoms with van der Waals surface area (Å²) < 4.78 is 26.1. The van der Waals surface area contributed by atoms with Crippen LogP contribution >= 0.6 is 35.3 Å². The number of sulfonamides is 1. The van der Waals surface area contributed by atoms with E-state index in [-0.39, 0.29) is 30.0 Å². The second-order valence-electron chi connectivity index (χ2n) is 7.59. The number of guanidine groups is 1. The van der Waals surface area contributed by atoms with Gasteiger partial charge in [0.1, 0.15) is 4.21 Å². The Morgan fingerprint density at radius 2 is 1.94 bits per heavy atom. The van der Waals surface area contributed by atoms with E-state index in [4.69, 9.17) is 0 Å². The maximum absolute atomic E-state index is 12.2. The molecule has 2 aromatic rings. The topological polar surface area (TPSA) is 77.0 Å². The lowest BCUT2D eigenvalue weighted by Crippen LogP contribution is -2.38. The van der Waals surface area contributed by atoms with E-state index in [2.05, 4.69) is 51.7 Å². The van der Waals surface area contributed by atoms with Gasteiger partial charge in [-0.25, -0.2) is 12.7 Å². The molecule has 10 heteroatoms. The first-order chi connectivity index (χ1) is 14.3. The molecule has 1 saturated heterocycles. The minimum absolute atomic E-state index is 0. The molecule has 0 spiro atoms. The van der Waals surface area contributed by atoms with Crippen LogP contribution in [0.2, 0.25) is 0 Å². The summed E-state index contributed by atoms with van der Waals surface area (Å²) in [6.07, 6.45) is 2.52. The van der Waals surface area contributed by atoms with Gasteiger partial charge in [0, 0.05) is 44.8 Å². The minimum atomic E-state index is -3.39. The monoisotopic (exact) mass is 577 g/mol. The molecule has 7 nitrogen and oxygen atoms in total. The lowest BCUT2D eigenvalue weighted by Gasteiger charge is -2.22. The smallest absolute Gasteiger partial charge is 0.252 e. The van der Waals surface area contributed by atoms with E-state index in [0.717, 1.165) is 18.0 Å². The van der Waals surface area contributed by atoms with Crippen molar-refractivity contribution >= 4 is 57.0 Å². The molecule has 0 aliphatic carbocycles. The van der Waals surface area contributed by atoms with Gasteiger partial charge in [0.15, 0.2) is 5.96 Å². The summed E-state index contributed by atoms with van der Waals surface area (Å²) in [5.41, 5.74) is 2.48. The van der Waals surface area contributed by atoms with Crippen LogP contribution in [0.5, 0.6) is 0 Å². The van der Waals surface area contributed by atoms with Gasteiger partial charge in [0.05, 0.1) is 12.6 Å². The van der Waals surface area contributed by atoms with Crippen molar-refractivity contribution in [2.24, 2.45) is 4.99 Å². The highest BCUT2D eigenvalue weighted by molar-refractivity contribution is 14.0. The quantitative estimate of drug-likeness (QED) is 0.299. The summed E-state index contributed by atoms with van der Waals surface area (Å²) in [6.45, 7) is 4.87. The maximum Gasteiger partial charge on any atom is 0.252 e. The summed E-state index contributed by atoms with van der Waals surface area (Å²) in [4.78, 5) is 7.68. The Kier molecular flexibility index (Phi) is 9.59. The molecule has 1 unspecified atom stereocenters. The molecule has 1 aromatic heterocycles. The first-order valence-electron chi connectivity index (χ1n) is 10.1. The van der Waals surface area contributed by atoms with Crippen LogP contribution in [0, 0.1) is 0 Å². The standard InChI is InChI=1S/C21H31N5O2S2.HI/c1-16(17-8-7-9-18(14-17)26-12-5-6-13-26)24-21(22-2)23-15-19-10-11-20(29-19)30(27,28)25(3)4;/h7-11,14,16H,5-6,12-13,15H2,1-4H3,(H2,22,23,24);1H. The molecule has 0 radical (unpaired) electrons. The molecule has 2 N–H and O–H groups in total. The van der Waals surface area contributed by atoms with E-state index in [1.807, 2.05) is 6.07 Å². The number of benzene rings is 1. The Labute approximate surface area is 207 Å². The number of hydrogen-bond acceptors (Lipinski definition) is 5. The number of anilines is 1. The summed E-state index contributed by atoms with van der Waals surface area (Å²) in [6, 6.07) is 12.2. The van der Waals surface area contributed by atoms with Gasteiger partial charge in [-0.15, -0.1) is 35.3 Å². The van der Waals surface area contributed by atoms with Gasteiger partial charge in [-0.1, -0.05) is 12.1 Å². The molecule has 3 rings (SSSR count). The molecule has 1 atom stereocenters. The van der Waals surface area contributed by atoms with Crippen molar-refractivity contribution in [3.63, 3.8) is 0 Å². The zero-order valence-electron chi connectivity index (χ0n) is 18.5. The predicted octanol–water partition coefficient (Wildman–Crippen LogP) is 3.64. The molecule has 0 amide bonds. The molecule has 172 valence electrons. The minimum Gasteiger partial charge on any atom is -0.372 e. The van der Waals surface area contributed by atoms with Gasteiger partial charge in [0.25, 0.3) is 10.0 Å².